The van der Waals surface area contributed by atoms with Crippen molar-refractivity contribution < 1.29 is 17.9 Å². The highest BCUT2D eigenvalue weighted by Crippen LogP contribution is 2.33. The molecule has 0 amide bonds. The third-order valence-corrected chi connectivity index (χ3v) is 4.32. The van der Waals surface area contributed by atoms with Crippen LogP contribution in [0.15, 0.2) is 48.5 Å². The summed E-state index contributed by atoms with van der Waals surface area (Å²) in [5, 5.41) is 12.7. The van der Waals surface area contributed by atoms with Crippen LogP contribution in [0.4, 0.5) is 13.2 Å². The van der Waals surface area contributed by atoms with E-state index in [1.54, 1.807) is 24.3 Å². The first kappa shape index (κ1) is 18.2. The summed E-state index contributed by atoms with van der Waals surface area (Å²) in [5.41, 5.74) is 2.23. The standard InChI is InChI=1S/C19H18F3N3O/c20-19(21,22)26-16-7-5-14(6-8-16)18(25-11-9-24-10-12-25)17-4-2-1-3-15(17)13-23/h1-8,18,24H,9-12H2/t18-/m0/s1. The molecule has 2 aromatic rings. The van der Waals surface area contributed by atoms with E-state index < -0.39 is 6.36 Å². The lowest BCUT2D eigenvalue weighted by Gasteiger charge is -2.36. The van der Waals surface area contributed by atoms with Crippen LogP contribution in [0.3, 0.4) is 0 Å². The molecule has 4 nitrogen and oxygen atoms in total. The van der Waals surface area contributed by atoms with Gasteiger partial charge in [-0.1, -0.05) is 30.3 Å². The van der Waals surface area contributed by atoms with Gasteiger partial charge in [0.2, 0.25) is 0 Å². The molecule has 0 unspecified atom stereocenters. The Kier molecular flexibility index (Phi) is 5.45. The van der Waals surface area contributed by atoms with Crippen LogP contribution in [0.2, 0.25) is 0 Å². The van der Waals surface area contributed by atoms with Crippen molar-refractivity contribution in [2.24, 2.45) is 0 Å². The van der Waals surface area contributed by atoms with Gasteiger partial charge in [-0.3, -0.25) is 4.90 Å². The van der Waals surface area contributed by atoms with Crippen LogP contribution in [-0.2, 0) is 0 Å². The molecule has 0 spiro atoms. The highest BCUT2D eigenvalue weighted by Gasteiger charge is 2.31. The van der Waals surface area contributed by atoms with Crippen LogP contribution in [0, 0.1) is 11.3 Å². The van der Waals surface area contributed by atoms with Crippen molar-refractivity contribution in [2.75, 3.05) is 26.2 Å². The van der Waals surface area contributed by atoms with Crippen molar-refractivity contribution in [3.63, 3.8) is 0 Å². The van der Waals surface area contributed by atoms with Crippen LogP contribution in [0.5, 0.6) is 5.75 Å². The van der Waals surface area contributed by atoms with Gasteiger partial charge in [0, 0.05) is 26.2 Å². The van der Waals surface area contributed by atoms with Gasteiger partial charge >= 0.3 is 6.36 Å². The molecule has 26 heavy (non-hydrogen) atoms. The minimum Gasteiger partial charge on any atom is -0.406 e. The van der Waals surface area contributed by atoms with Crippen molar-refractivity contribution in [3.8, 4) is 11.8 Å². The lowest BCUT2D eigenvalue weighted by molar-refractivity contribution is -0.274. The molecular weight excluding hydrogens is 343 g/mol. The molecule has 136 valence electrons. The number of benzene rings is 2. The third-order valence-electron chi connectivity index (χ3n) is 4.32. The number of ether oxygens (including phenoxy) is 1. The number of nitriles is 1. The Labute approximate surface area is 149 Å². The maximum atomic E-state index is 12.4. The van der Waals surface area contributed by atoms with E-state index in [9.17, 15) is 18.4 Å². The normalized spacial score (nSPS) is 16.7. The van der Waals surface area contributed by atoms with Gasteiger partial charge < -0.3 is 10.1 Å². The van der Waals surface area contributed by atoms with Crippen molar-refractivity contribution in [2.45, 2.75) is 12.4 Å². The molecule has 0 radical (unpaired) electrons. The molecule has 1 saturated heterocycles. The van der Waals surface area contributed by atoms with Crippen LogP contribution in [0.1, 0.15) is 22.7 Å². The predicted molar refractivity (Wildman–Crippen MR) is 90.6 cm³/mol. The molecule has 0 bridgehead atoms. The van der Waals surface area contributed by atoms with Crippen LogP contribution < -0.4 is 10.1 Å². The summed E-state index contributed by atoms with van der Waals surface area (Å²) in [6, 6.07) is 15.2. The van der Waals surface area contributed by atoms with E-state index in [4.69, 9.17) is 0 Å². The Bertz CT molecular complexity index is 778. The Morgan fingerprint density at radius 3 is 2.31 bits per heavy atom. The molecule has 1 N–H and O–H groups in total. The molecule has 1 aliphatic rings. The smallest absolute Gasteiger partial charge is 0.406 e. The first-order valence-electron chi connectivity index (χ1n) is 8.27. The molecule has 1 fully saturated rings. The minimum absolute atomic E-state index is 0.201. The lowest BCUT2D eigenvalue weighted by atomic mass is 9.93. The number of halogens is 3. The van der Waals surface area contributed by atoms with E-state index in [0.29, 0.717) is 5.56 Å². The lowest BCUT2D eigenvalue weighted by Crippen LogP contribution is -2.45. The van der Waals surface area contributed by atoms with E-state index in [2.05, 4.69) is 21.0 Å². The van der Waals surface area contributed by atoms with E-state index in [-0.39, 0.29) is 11.8 Å². The summed E-state index contributed by atoms with van der Waals surface area (Å²) in [5.74, 6) is -0.256. The van der Waals surface area contributed by atoms with Gasteiger partial charge in [0.25, 0.3) is 0 Å². The molecule has 1 atom stereocenters. The summed E-state index contributed by atoms with van der Waals surface area (Å²) in [7, 11) is 0. The summed E-state index contributed by atoms with van der Waals surface area (Å²) >= 11 is 0. The third kappa shape index (κ3) is 4.34. The van der Waals surface area contributed by atoms with Crippen molar-refractivity contribution in [1.29, 1.82) is 5.26 Å². The highest BCUT2D eigenvalue weighted by molar-refractivity contribution is 5.44. The average molecular weight is 361 g/mol. The summed E-state index contributed by atoms with van der Waals surface area (Å²) in [4.78, 5) is 2.23. The summed E-state index contributed by atoms with van der Waals surface area (Å²) < 4.78 is 41.1. The fraction of sp³-hybridized carbons (Fsp3) is 0.316. The maximum absolute atomic E-state index is 12.4. The van der Waals surface area contributed by atoms with Crippen molar-refractivity contribution in [1.82, 2.24) is 10.2 Å². The first-order valence-corrected chi connectivity index (χ1v) is 8.27. The second-order valence-corrected chi connectivity index (χ2v) is 6.00. The quantitative estimate of drug-likeness (QED) is 0.906. The van der Waals surface area contributed by atoms with Gasteiger partial charge in [-0.25, -0.2) is 0 Å². The first-order chi connectivity index (χ1) is 12.5. The van der Waals surface area contributed by atoms with E-state index >= 15 is 0 Å². The SMILES string of the molecule is N#Cc1ccccc1[C@H](c1ccc(OC(F)(F)F)cc1)N1CCNCC1. The molecule has 0 saturated carbocycles. The molecule has 3 rings (SSSR count). The second-order valence-electron chi connectivity index (χ2n) is 6.00. The zero-order valence-electron chi connectivity index (χ0n) is 14.0. The minimum atomic E-state index is -4.72. The number of piperazine rings is 1. The molecular formula is C19H18F3N3O. The maximum Gasteiger partial charge on any atom is 0.573 e. The summed E-state index contributed by atoms with van der Waals surface area (Å²) in [6.45, 7) is 3.21. The van der Waals surface area contributed by atoms with Gasteiger partial charge in [-0.15, -0.1) is 13.2 Å². The Balaban J connectivity index is 1.97. The van der Waals surface area contributed by atoms with Crippen LogP contribution in [-0.4, -0.2) is 37.4 Å². The zero-order valence-corrected chi connectivity index (χ0v) is 14.0. The Morgan fingerprint density at radius 1 is 1.04 bits per heavy atom. The second kappa shape index (κ2) is 7.77. The number of hydrogen-bond donors (Lipinski definition) is 1. The molecule has 2 aromatic carbocycles. The van der Waals surface area contributed by atoms with E-state index in [1.165, 1.54) is 12.1 Å². The number of hydrogen-bond acceptors (Lipinski definition) is 4. The molecule has 7 heteroatoms. The van der Waals surface area contributed by atoms with Gasteiger partial charge in [0.1, 0.15) is 5.75 Å². The van der Waals surface area contributed by atoms with Gasteiger partial charge in [0.05, 0.1) is 17.7 Å². The van der Waals surface area contributed by atoms with Crippen LogP contribution in [0.25, 0.3) is 0 Å². The number of alkyl halides is 3. The molecule has 1 heterocycles. The number of nitrogens with one attached hydrogen (secondary N) is 1. The predicted octanol–water partition coefficient (Wildman–Crippen LogP) is 3.45. The topological polar surface area (TPSA) is 48.3 Å². The average Bonchev–Trinajstić information content (AvgIpc) is 2.63. The zero-order chi connectivity index (χ0) is 18.6. The molecule has 0 aromatic heterocycles. The largest absolute Gasteiger partial charge is 0.573 e. The van der Waals surface area contributed by atoms with Gasteiger partial charge in [0.15, 0.2) is 0 Å². The number of nitrogens with zero attached hydrogens (tertiary/aromatic N) is 2. The Hall–Kier alpha value is -2.56. The van der Waals surface area contributed by atoms with Crippen molar-refractivity contribution in [3.05, 3.63) is 65.2 Å². The van der Waals surface area contributed by atoms with E-state index in [1.807, 2.05) is 12.1 Å². The fourth-order valence-electron chi connectivity index (χ4n) is 3.22. The Morgan fingerprint density at radius 2 is 1.69 bits per heavy atom. The molecule has 0 aliphatic carbocycles. The number of rotatable bonds is 4. The van der Waals surface area contributed by atoms with Gasteiger partial charge in [-0.05, 0) is 29.3 Å². The fourth-order valence-corrected chi connectivity index (χ4v) is 3.22. The highest BCUT2D eigenvalue weighted by atomic mass is 19.4. The van der Waals surface area contributed by atoms with E-state index in [0.717, 1.165) is 37.3 Å². The monoisotopic (exact) mass is 361 g/mol. The van der Waals surface area contributed by atoms with Crippen molar-refractivity contribution >= 4 is 0 Å². The van der Waals surface area contributed by atoms with Crippen LogP contribution >= 0.6 is 0 Å². The summed E-state index contributed by atoms with van der Waals surface area (Å²) in [6.07, 6.45) is -4.72. The van der Waals surface area contributed by atoms with Gasteiger partial charge in [-0.2, -0.15) is 5.26 Å². The molecule has 1 aliphatic heterocycles.